The molecule has 0 radical (unpaired) electrons. The quantitative estimate of drug-likeness (QED) is 0.815. The van der Waals surface area contributed by atoms with Crippen LogP contribution in [0.3, 0.4) is 0 Å². The fraction of sp³-hybridized carbons (Fsp3) is 0.571. The second-order valence-corrected chi connectivity index (χ2v) is 4.78. The SMILES string of the molecule is Cc1occc1C(=O)NN=C1CCCCCCC1. The van der Waals surface area contributed by atoms with E-state index in [0.29, 0.717) is 11.3 Å². The van der Waals surface area contributed by atoms with Gasteiger partial charge >= 0.3 is 0 Å². The maximum Gasteiger partial charge on any atom is 0.274 e. The molecule has 18 heavy (non-hydrogen) atoms. The summed E-state index contributed by atoms with van der Waals surface area (Å²) in [5, 5.41) is 4.26. The summed E-state index contributed by atoms with van der Waals surface area (Å²) in [6.07, 6.45) is 9.76. The van der Waals surface area contributed by atoms with Crippen LogP contribution in [0.15, 0.2) is 21.8 Å². The van der Waals surface area contributed by atoms with Crippen molar-refractivity contribution in [3.63, 3.8) is 0 Å². The Morgan fingerprint density at radius 3 is 2.50 bits per heavy atom. The lowest BCUT2D eigenvalue weighted by Crippen LogP contribution is -2.20. The predicted octanol–water partition coefficient (Wildman–Crippen LogP) is 3.42. The highest BCUT2D eigenvalue weighted by Gasteiger charge is 2.11. The third-order valence-electron chi connectivity index (χ3n) is 3.35. The maximum atomic E-state index is 11.8. The standard InChI is InChI=1S/C14H20N2O2/c1-11-13(9-10-18-11)14(17)16-15-12-7-5-3-2-4-6-8-12/h9-10H,2-8H2,1H3,(H,16,17). The van der Waals surface area contributed by atoms with Gasteiger partial charge in [0, 0.05) is 5.71 Å². The number of hydrogen-bond acceptors (Lipinski definition) is 3. The lowest BCUT2D eigenvalue weighted by molar-refractivity contribution is 0.0953. The van der Waals surface area contributed by atoms with E-state index in [1.54, 1.807) is 13.0 Å². The normalized spacial score (nSPS) is 16.8. The summed E-state index contributed by atoms with van der Waals surface area (Å²) in [6, 6.07) is 1.67. The largest absolute Gasteiger partial charge is 0.469 e. The van der Waals surface area contributed by atoms with E-state index in [1.165, 1.54) is 38.4 Å². The number of carbonyl (C=O) groups is 1. The van der Waals surface area contributed by atoms with Gasteiger partial charge in [0.15, 0.2) is 0 Å². The van der Waals surface area contributed by atoms with Gasteiger partial charge in [-0.1, -0.05) is 19.3 Å². The molecule has 1 fully saturated rings. The van der Waals surface area contributed by atoms with Crippen molar-refractivity contribution in [2.75, 3.05) is 0 Å². The van der Waals surface area contributed by atoms with Crippen LogP contribution in [0.1, 0.15) is 61.1 Å². The van der Waals surface area contributed by atoms with Crippen molar-refractivity contribution >= 4 is 11.6 Å². The topological polar surface area (TPSA) is 54.6 Å². The van der Waals surface area contributed by atoms with Crippen molar-refractivity contribution < 1.29 is 9.21 Å². The molecule has 0 aromatic carbocycles. The first-order valence-electron chi connectivity index (χ1n) is 6.67. The summed E-state index contributed by atoms with van der Waals surface area (Å²) >= 11 is 0. The van der Waals surface area contributed by atoms with Gasteiger partial charge < -0.3 is 4.42 Å². The summed E-state index contributed by atoms with van der Waals surface area (Å²) < 4.78 is 5.10. The van der Waals surface area contributed by atoms with E-state index in [1.807, 2.05) is 0 Å². The van der Waals surface area contributed by atoms with Crippen LogP contribution in [0.25, 0.3) is 0 Å². The molecule has 0 unspecified atom stereocenters. The number of nitrogens with zero attached hydrogens (tertiary/aromatic N) is 1. The Morgan fingerprint density at radius 2 is 1.89 bits per heavy atom. The second-order valence-electron chi connectivity index (χ2n) is 4.78. The van der Waals surface area contributed by atoms with Crippen LogP contribution in [-0.2, 0) is 0 Å². The van der Waals surface area contributed by atoms with Crippen molar-refractivity contribution in [3.8, 4) is 0 Å². The highest BCUT2D eigenvalue weighted by Crippen LogP contribution is 2.15. The third kappa shape index (κ3) is 3.45. The van der Waals surface area contributed by atoms with Gasteiger partial charge in [-0.05, 0) is 38.7 Å². The van der Waals surface area contributed by atoms with Gasteiger partial charge in [-0.25, -0.2) is 5.43 Å². The molecule has 4 heteroatoms. The molecular weight excluding hydrogens is 228 g/mol. The molecule has 1 N–H and O–H groups in total. The predicted molar refractivity (Wildman–Crippen MR) is 70.7 cm³/mol. The fourth-order valence-electron chi connectivity index (χ4n) is 2.24. The Kier molecular flexibility index (Phi) is 4.56. The Bertz CT molecular complexity index is 425. The summed E-state index contributed by atoms with van der Waals surface area (Å²) in [7, 11) is 0. The number of hydrogen-bond donors (Lipinski definition) is 1. The fourth-order valence-corrected chi connectivity index (χ4v) is 2.24. The van der Waals surface area contributed by atoms with Gasteiger partial charge in [-0.3, -0.25) is 4.79 Å². The number of hydrazone groups is 1. The van der Waals surface area contributed by atoms with E-state index in [-0.39, 0.29) is 5.91 Å². The van der Waals surface area contributed by atoms with E-state index < -0.39 is 0 Å². The van der Waals surface area contributed by atoms with E-state index in [9.17, 15) is 4.79 Å². The van der Waals surface area contributed by atoms with Gasteiger partial charge in [0.25, 0.3) is 5.91 Å². The lowest BCUT2D eigenvalue weighted by atomic mass is 9.99. The van der Waals surface area contributed by atoms with Gasteiger partial charge in [-0.2, -0.15) is 5.10 Å². The molecule has 0 spiro atoms. The summed E-state index contributed by atoms with van der Waals surface area (Å²) in [6.45, 7) is 1.78. The zero-order valence-electron chi connectivity index (χ0n) is 10.9. The molecule has 1 aliphatic rings. The molecule has 4 nitrogen and oxygen atoms in total. The molecule has 1 aromatic heterocycles. The van der Waals surface area contributed by atoms with Crippen LogP contribution in [0.5, 0.6) is 0 Å². The van der Waals surface area contributed by atoms with Crippen molar-refractivity contribution in [3.05, 3.63) is 23.7 Å². The maximum absolute atomic E-state index is 11.8. The summed E-state index contributed by atoms with van der Waals surface area (Å²) in [5.74, 6) is 0.446. The van der Waals surface area contributed by atoms with E-state index in [0.717, 1.165) is 18.6 Å². The van der Waals surface area contributed by atoms with Crippen LogP contribution in [0.2, 0.25) is 0 Å². The lowest BCUT2D eigenvalue weighted by Gasteiger charge is -2.10. The third-order valence-corrected chi connectivity index (χ3v) is 3.35. The number of aryl methyl sites for hydroxylation is 1. The average molecular weight is 248 g/mol. The zero-order chi connectivity index (χ0) is 12.8. The average Bonchev–Trinajstić information content (AvgIpc) is 2.74. The molecule has 0 aliphatic heterocycles. The van der Waals surface area contributed by atoms with Crippen LogP contribution >= 0.6 is 0 Å². The zero-order valence-corrected chi connectivity index (χ0v) is 10.9. The Balaban J connectivity index is 1.92. The first-order valence-corrected chi connectivity index (χ1v) is 6.67. The Hall–Kier alpha value is -1.58. The molecule has 98 valence electrons. The first-order chi connectivity index (χ1) is 8.77. The van der Waals surface area contributed by atoms with Gasteiger partial charge in [0.1, 0.15) is 5.76 Å². The van der Waals surface area contributed by atoms with E-state index in [4.69, 9.17) is 4.42 Å². The van der Waals surface area contributed by atoms with Crippen LogP contribution in [0.4, 0.5) is 0 Å². The van der Waals surface area contributed by atoms with Crippen LogP contribution in [0, 0.1) is 6.92 Å². The van der Waals surface area contributed by atoms with Gasteiger partial charge in [0.05, 0.1) is 11.8 Å². The smallest absolute Gasteiger partial charge is 0.274 e. The van der Waals surface area contributed by atoms with Gasteiger partial charge in [0.2, 0.25) is 0 Å². The van der Waals surface area contributed by atoms with Gasteiger partial charge in [-0.15, -0.1) is 0 Å². The van der Waals surface area contributed by atoms with Crippen molar-refractivity contribution in [2.45, 2.75) is 51.9 Å². The molecule has 2 rings (SSSR count). The molecule has 1 heterocycles. The number of rotatable bonds is 2. The van der Waals surface area contributed by atoms with Crippen molar-refractivity contribution in [2.24, 2.45) is 5.10 Å². The Labute approximate surface area is 107 Å². The summed E-state index contributed by atoms with van der Waals surface area (Å²) in [4.78, 5) is 11.8. The monoisotopic (exact) mass is 248 g/mol. The summed E-state index contributed by atoms with van der Waals surface area (Å²) in [5.41, 5.74) is 4.31. The number of carbonyl (C=O) groups excluding carboxylic acids is 1. The van der Waals surface area contributed by atoms with Crippen LogP contribution < -0.4 is 5.43 Å². The highest BCUT2D eigenvalue weighted by molar-refractivity contribution is 5.96. The minimum atomic E-state index is -0.184. The molecule has 0 atom stereocenters. The minimum absolute atomic E-state index is 0.184. The van der Waals surface area contributed by atoms with Crippen molar-refractivity contribution in [1.29, 1.82) is 0 Å². The number of amides is 1. The number of nitrogens with one attached hydrogen (secondary N) is 1. The molecule has 0 bridgehead atoms. The Morgan fingerprint density at radius 1 is 1.22 bits per heavy atom. The van der Waals surface area contributed by atoms with Crippen LogP contribution in [-0.4, -0.2) is 11.6 Å². The molecule has 1 aromatic rings. The van der Waals surface area contributed by atoms with E-state index in [2.05, 4.69) is 10.5 Å². The molecule has 1 saturated carbocycles. The molecule has 1 amide bonds. The highest BCUT2D eigenvalue weighted by atomic mass is 16.3. The van der Waals surface area contributed by atoms with Crippen molar-refractivity contribution in [1.82, 2.24) is 5.43 Å². The van der Waals surface area contributed by atoms with E-state index >= 15 is 0 Å². The molecule has 0 saturated heterocycles. The number of furan rings is 1. The first kappa shape index (κ1) is 12.9. The molecule has 1 aliphatic carbocycles. The second kappa shape index (κ2) is 6.38. The minimum Gasteiger partial charge on any atom is -0.469 e. The molecular formula is C14H20N2O2.